The number of rotatable bonds is 8. The van der Waals surface area contributed by atoms with Gasteiger partial charge in [0.05, 0.1) is 29.8 Å². The largest absolute Gasteiger partial charge is 0.464 e. The van der Waals surface area contributed by atoms with Crippen molar-refractivity contribution in [3.05, 3.63) is 58.9 Å². The third-order valence-electron chi connectivity index (χ3n) is 11.0. The first-order valence-electron chi connectivity index (χ1n) is 19.5. The summed E-state index contributed by atoms with van der Waals surface area (Å²) in [6.45, 7) is 14.7. The van der Waals surface area contributed by atoms with E-state index in [0.717, 1.165) is 44.0 Å². The van der Waals surface area contributed by atoms with E-state index in [-0.39, 0.29) is 31.0 Å². The maximum Gasteiger partial charge on any atom is 0.324 e. The van der Waals surface area contributed by atoms with E-state index in [1.165, 1.54) is 28.2 Å². The number of esters is 1. The molecule has 0 radical (unpaired) electrons. The minimum Gasteiger partial charge on any atom is -0.464 e. The molecule has 13 nitrogen and oxygen atoms in total. The van der Waals surface area contributed by atoms with Crippen molar-refractivity contribution < 1.29 is 28.7 Å². The lowest BCUT2D eigenvalue weighted by Gasteiger charge is -2.36. The van der Waals surface area contributed by atoms with Gasteiger partial charge in [-0.25, -0.2) is 10.4 Å². The van der Waals surface area contributed by atoms with Gasteiger partial charge in [0.2, 0.25) is 11.8 Å². The number of aryl methyl sites for hydroxylation is 1. The molecule has 1 aromatic carbocycles. The lowest BCUT2D eigenvalue weighted by molar-refractivity contribution is -0.155. The molecular weight excluding hydrogens is 731 g/mol. The molecule has 3 amide bonds. The molecule has 6 bridgehead atoms. The van der Waals surface area contributed by atoms with E-state index in [2.05, 4.69) is 60.3 Å². The first kappa shape index (κ1) is 41.0. The molecular formula is C42H55N7O6S. The Hall–Kier alpha value is -4.66. The Balaban J connectivity index is 1.48. The van der Waals surface area contributed by atoms with Gasteiger partial charge in [0.25, 0.3) is 5.91 Å². The van der Waals surface area contributed by atoms with Crippen LogP contribution in [0.3, 0.4) is 0 Å². The number of likely N-dealkylation sites (N-methyl/N-ethyl adjacent to an activating group) is 1. The molecule has 0 spiro atoms. The fourth-order valence-corrected chi connectivity index (χ4v) is 8.78. The molecule has 2 aliphatic heterocycles. The number of hydrazine groups is 1. The molecule has 2 aliphatic rings. The Morgan fingerprint density at radius 1 is 1.20 bits per heavy atom. The van der Waals surface area contributed by atoms with Crippen LogP contribution in [0.25, 0.3) is 32.7 Å². The van der Waals surface area contributed by atoms with Gasteiger partial charge < -0.3 is 24.3 Å². The molecule has 0 saturated carbocycles. The predicted octanol–water partition coefficient (Wildman–Crippen LogP) is 5.71. The number of amides is 3. The van der Waals surface area contributed by atoms with Gasteiger partial charge in [-0.2, -0.15) is 0 Å². The van der Waals surface area contributed by atoms with E-state index in [4.69, 9.17) is 19.4 Å². The maximum atomic E-state index is 14.3. The summed E-state index contributed by atoms with van der Waals surface area (Å²) >= 11 is 1.48. The number of nitrogens with zero attached hydrogens (tertiary/aromatic N) is 5. The van der Waals surface area contributed by atoms with Crippen molar-refractivity contribution in [2.24, 2.45) is 11.3 Å². The van der Waals surface area contributed by atoms with E-state index in [1.807, 2.05) is 32.2 Å². The lowest BCUT2D eigenvalue weighted by atomic mass is 9.84. The Bertz CT molecular complexity index is 2110. The third kappa shape index (κ3) is 8.37. The standard InChI is InChI=1S/C42H55N7O6S/c1-10-48-34-16-15-27-19-30(34)31(37(48)29-13-11-17-43-35(29)25(4)54-9)21-42(6,7)23-55-41(53)32-14-12-18-49(46-32)40(52)33(20-28-22-56-39(27)44-28)45-38(51)36(24(2)3)47(8)26(5)50/h11,13,15-17,19,22,24-25,32-33,36,46H,10,12,14,18,20-21,23H2,1-9H3,(H,45,51)/t25-,32-,33-,36-/m0/s1. The summed E-state index contributed by atoms with van der Waals surface area (Å²) in [5.74, 6) is -1.73. The highest BCUT2D eigenvalue weighted by Gasteiger charge is 2.37. The second-order valence-corrected chi connectivity index (χ2v) is 17.0. The SMILES string of the molecule is CCn1c(-c2cccnc2[C@H](C)OC)c2c3cc(ccc31)-c1nc(cs1)C[C@H](NC(=O)[C@H](C(C)C)N(C)C(C)=O)C(=O)N1CCC[C@H](N1)C(=O)OCC(C)(C)C2. The first-order chi connectivity index (χ1) is 26.6. The zero-order valence-electron chi connectivity index (χ0n) is 34.0. The number of carbonyl (C=O) groups excluding carboxylic acids is 4. The average Bonchev–Trinajstić information content (AvgIpc) is 3.77. The van der Waals surface area contributed by atoms with Crippen LogP contribution < -0.4 is 10.7 Å². The minimum absolute atomic E-state index is 0.114. The Kier molecular flexibility index (Phi) is 12.3. The second kappa shape index (κ2) is 16.8. The summed E-state index contributed by atoms with van der Waals surface area (Å²) < 4.78 is 14.2. The molecule has 300 valence electrons. The zero-order valence-corrected chi connectivity index (χ0v) is 34.8. The van der Waals surface area contributed by atoms with E-state index in [1.54, 1.807) is 20.4 Å². The van der Waals surface area contributed by atoms with Crippen molar-refractivity contribution >= 4 is 45.9 Å². The molecule has 3 aromatic heterocycles. The third-order valence-corrected chi connectivity index (χ3v) is 11.9. The Morgan fingerprint density at radius 3 is 2.66 bits per heavy atom. The van der Waals surface area contributed by atoms with E-state index in [9.17, 15) is 19.2 Å². The fourth-order valence-electron chi connectivity index (χ4n) is 7.95. The van der Waals surface area contributed by atoms with E-state index in [0.29, 0.717) is 38.0 Å². The van der Waals surface area contributed by atoms with Crippen molar-refractivity contribution in [3.63, 3.8) is 0 Å². The normalized spacial score (nSPS) is 20.0. The van der Waals surface area contributed by atoms with Crippen molar-refractivity contribution in [2.75, 3.05) is 27.3 Å². The molecule has 5 heterocycles. The van der Waals surface area contributed by atoms with Crippen LogP contribution in [0.1, 0.15) is 84.4 Å². The highest BCUT2D eigenvalue weighted by atomic mass is 32.1. The number of thiazole rings is 1. The monoisotopic (exact) mass is 785 g/mol. The molecule has 2 N–H and O–H groups in total. The van der Waals surface area contributed by atoms with Gasteiger partial charge in [-0.15, -0.1) is 11.3 Å². The van der Waals surface area contributed by atoms with Crippen LogP contribution in [-0.4, -0.2) is 93.6 Å². The smallest absolute Gasteiger partial charge is 0.324 e. The van der Waals surface area contributed by atoms with Gasteiger partial charge >= 0.3 is 5.97 Å². The molecule has 14 heteroatoms. The van der Waals surface area contributed by atoms with Gasteiger partial charge in [0, 0.05) is 79.6 Å². The molecule has 4 atom stereocenters. The summed E-state index contributed by atoms with van der Waals surface area (Å²) in [4.78, 5) is 65.4. The minimum atomic E-state index is -1.02. The van der Waals surface area contributed by atoms with E-state index < -0.39 is 41.3 Å². The number of ether oxygens (including phenoxy) is 2. The van der Waals surface area contributed by atoms with E-state index >= 15 is 0 Å². The number of methoxy groups -OCH3 is 1. The van der Waals surface area contributed by atoms with Crippen molar-refractivity contribution in [2.45, 2.75) is 105 Å². The molecule has 0 unspecified atom stereocenters. The van der Waals surface area contributed by atoms with Gasteiger partial charge in [-0.3, -0.25) is 29.2 Å². The second-order valence-electron chi connectivity index (χ2n) is 16.1. The quantitative estimate of drug-likeness (QED) is 0.215. The number of hydrogen-bond donors (Lipinski definition) is 2. The van der Waals surface area contributed by atoms with Gasteiger partial charge in [0.15, 0.2) is 0 Å². The van der Waals surface area contributed by atoms with Gasteiger partial charge in [-0.05, 0) is 74.9 Å². The fraction of sp³-hybridized carbons (Fsp3) is 0.524. The van der Waals surface area contributed by atoms with Crippen LogP contribution in [0.15, 0.2) is 41.9 Å². The van der Waals surface area contributed by atoms with Crippen molar-refractivity contribution in [1.29, 1.82) is 0 Å². The molecule has 4 aromatic rings. The number of cyclic esters (lactones) is 1. The number of benzene rings is 1. The number of fused-ring (bicyclic) bond motifs is 6. The topological polar surface area (TPSA) is 148 Å². The summed E-state index contributed by atoms with van der Waals surface area (Å²) in [6, 6.07) is 7.88. The molecule has 1 fully saturated rings. The van der Waals surface area contributed by atoms with Crippen LogP contribution in [0, 0.1) is 11.3 Å². The Morgan fingerprint density at radius 2 is 1.96 bits per heavy atom. The van der Waals surface area contributed by atoms with Crippen LogP contribution in [-0.2, 0) is 48.0 Å². The number of hydrogen-bond acceptors (Lipinski definition) is 10. The Labute approximate surface area is 333 Å². The number of pyridine rings is 1. The maximum absolute atomic E-state index is 14.3. The van der Waals surface area contributed by atoms with Crippen LogP contribution >= 0.6 is 11.3 Å². The zero-order chi connectivity index (χ0) is 40.5. The van der Waals surface area contributed by atoms with Crippen molar-refractivity contribution in [3.8, 4) is 21.8 Å². The summed E-state index contributed by atoms with van der Waals surface area (Å²) in [5.41, 5.74) is 9.26. The number of carbonyl (C=O) groups is 4. The number of aromatic nitrogens is 3. The van der Waals surface area contributed by atoms with Crippen LogP contribution in [0.2, 0.25) is 0 Å². The average molecular weight is 786 g/mol. The molecule has 56 heavy (non-hydrogen) atoms. The van der Waals surface area contributed by atoms with Gasteiger partial charge in [-0.1, -0.05) is 27.7 Å². The summed E-state index contributed by atoms with van der Waals surface area (Å²) in [7, 11) is 3.27. The number of nitrogens with one attached hydrogen (secondary N) is 2. The first-order valence-corrected chi connectivity index (χ1v) is 20.4. The summed E-state index contributed by atoms with van der Waals surface area (Å²) in [5, 5.41) is 8.16. The highest BCUT2D eigenvalue weighted by Crippen LogP contribution is 2.42. The van der Waals surface area contributed by atoms with Crippen molar-refractivity contribution in [1.82, 2.24) is 35.2 Å². The van der Waals surface area contributed by atoms with Crippen LogP contribution in [0.5, 0.6) is 0 Å². The lowest BCUT2D eigenvalue weighted by Crippen LogP contribution is -2.62. The predicted molar refractivity (Wildman–Crippen MR) is 216 cm³/mol. The highest BCUT2D eigenvalue weighted by molar-refractivity contribution is 7.13. The molecule has 0 aliphatic carbocycles. The van der Waals surface area contributed by atoms with Crippen LogP contribution in [0.4, 0.5) is 0 Å². The summed E-state index contributed by atoms with van der Waals surface area (Å²) in [6.07, 6.45) is 3.32. The molecule has 6 rings (SSSR count). The molecule has 1 saturated heterocycles. The van der Waals surface area contributed by atoms with Gasteiger partial charge in [0.1, 0.15) is 23.1 Å².